The Morgan fingerprint density at radius 1 is 1.00 bits per heavy atom. The Hall–Kier alpha value is -1.55. The maximum Gasteiger partial charge on any atom is 0.229 e. The molecule has 1 aliphatic rings. The van der Waals surface area contributed by atoms with E-state index in [1.807, 2.05) is 12.1 Å². The van der Waals surface area contributed by atoms with E-state index in [9.17, 15) is 9.59 Å². The van der Waals surface area contributed by atoms with E-state index in [0.29, 0.717) is 11.6 Å². The van der Waals surface area contributed by atoms with Crippen LogP contribution in [-0.2, 0) is 16.1 Å². The fourth-order valence-corrected chi connectivity index (χ4v) is 2.84. The molecule has 1 saturated carbocycles. The van der Waals surface area contributed by atoms with Gasteiger partial charge in [0.25, 0.3) is 0 Å². The van der Waals surface area contributed by atoms with Crippen molar-refractivity contribution in [2.24, 2.45) is 0 Å². The molecular weight excluding hydrogens is 300 g/mol. The van der Waals surface area contributed by atoms with Crippen LogP contribution in [0.4, 0.5) is 0 Å². The van der Waals surface area contributed by atoms with Crippen LogP contribution in [0.2, 0.25) is 5.02 Å². The Labute approximate surface area is 136 Å². The van der Waals surface area contributed by atoms with E-state index >= 15 is 0 Å². The van der Waals surface area contributed by atoms with Gasteiger partial charge in [-0.15, -0.1) is 0 Å². The molecule has 2 rings (SSSR count). The lowest BCUT2D eigenvalue weighted by molar-refractivity contribution is -0.129. The van der Waals surface area contributed by atoms with E-state index in [0.717, 1.165) is 31.2 Å². The Morgan fingerprint density at radius 2 is 1.64 bits per heavy atom. The van der Waals surface area contributed by atoms with Crippen LogP contribution in [0.1, 0.15) is 50.5 Å². The number of nitrogens with one attached hydrogen (secondary N) is 2. The summed E-state index contributed by atoms with van der Waals surface area (Å²) < 4.78 is 0. The second kappa shape index (κ2) is 8.79. The van der Waals surface area contributed by atoms with Gasteiger partial charge < -0.3 is 10.6 Å². The molecule has 1 fully saturated rings. The Bertz CT molecular complexity index is 494. The molecule has 1 aliphatic carbocycles. The first-order chi connectivity index (χ1) is 10.6. The number of rotatable bonds is 5. The third kappa shape index (κ3) is 6.06. The van der Waals surface area contributed by atoms with Gasteiger partial charge in [-0.3, -0.25) is 9.59 Å². The molecule has 0 spiro atoms. The minimum absolute atomic E-state index is 0.107. The molecule has 2 N–H and O–H groups in total. The van der Waals surface area contributed by atoms with E-state index < -0.39 is 0 Å². The first kappa shape index (κ1) is 16.8. The molecule has 0 unspecified atom stereocenters. The van der Waals surface area contributed by atoms with Crippen LogP contribution < -0.4 is 10.6 Å². The highest BCUT2D eigenvalue weighted by atomic mass is 35.5. The number of halogens is 1. The lowest BCUT2D eigenvalue weighted by Gasteiger charge is -2.16. The smallest absolute Gasteiger partial charge is 0.229 e. The second-order valence-electron chi connectivity index (χ2n) is 5.84. The van der Waals surface area contributed by atoms with Crippen LogP contribution in [0.25, 0.3) is 0 Å². The van der Waals surface area contributed by atoms with Gasteiger partial charge >= 0.3 is 0 Å². The van der Waals surface area contributed by atoms with Crippen molar-refractivity contribution in [2.45, 2.75) is 57.5 Å². The largest absolute Gasteiger partial charge is 0.353 e. The molecule has 2 amide bonds. The Kier molecular flexibility index (Phi) is 6.72. The number of carbonyl (C=O) groups excluding carboxylic acids is 2. The van der Waals surface area contributed by atoms with Crippen LogP contribution >= 0.6 is 11.6 Å². The van der Waals surface area contributed by atoms with Crippen molar-refractivity contribution in [1.29, 1.82) is 0 Å². The van der Waals surface area contributed by atoms with Gasteiger partial charge in [0.2, 0.25) is 11.8 Å². The van der Waals surface area contributed by atoms with Gasteiger partial charge in [0.1, 0.15) is 6.42 Å². The maximum absolute atomic E-state index is 11.9. The van der Waals surface area contributed by atoms with Crippen LogP contribution in [0.5, 0.6) is 0 Å². The summed E-state index contributed by atoms with van der Waals surface area (Å²) in [6.45, 7) is 0.409. The summed E-state index contributed by atoms with van der Waals surface area (Å²) in [6, 6.07) is 7.51. The van der Waals surface area contributed by atoms with Crippen molar-refractivity contribution in [2.75, 3.05) is 0 Å². The van der Waals surface area contributed by atoms with Crippen molar-refractivity contribution in [1.82, 2.24) is 10.6 Å². The molecule has 120 valence electrons. The van der Waals surface area contributed by atoms with E-state index in [4.69, 9.17) is 11.6 Å². The van der Waals surface area contributed by atoms with Gasteiger partial charge in [0, 0.05) is 17.6 Å². The van der Waals surface area contributed by atoms with E-state index in [2.05, 4.69) is 10.6 Å². The van der Waals surface area contributed by atoms with Crippen molar-refractivity contribution in [3.8, 4) is 0 Å². The van der Waals surface area contributed by atoms with Gasteiger partial charge in [-0.05, 0) is 30.5 Å². The topological polar surface area (TPSA) is 58.2 Å². The summed E-state index contributed by atoms with van der Waals surface area (Å²) in [4.78, 5) is 23.7. The number of hydrogen-bond donors (Lipinski definition) is 2. The molecule has 1 aromatic rings. The minimum Gasteiger partial charge on any atom is -0.353 e. The molecule has 1 aromatic carbocycles. The monoisotopic (exact) mass is 322 g/mol. The van der Waals surface area contributed by atoms with Crippen molar-refractivity contribution in [3.63, 3.8) is 0 Å². The van der Waals surface area contributed by atoms with Crippen LogP contribution in [0.3, 0.4) is 0 Å². The highest BCUT2D eigenvalue weighted by Gasteiger charge is 2.16. The third-order valence-electron chi connectivity index (χ3n) is 3.94. The molecule has 0 bridgehead atoms. The van der Waals surface area contributed by atoms with Crippen LogP contribution in [0, 0.1) is 0 Å². The van der Waals surface area contributed by atoms with Crippen LogP contribution in [-0.4, -0.2) is 17.9 Å². The second-order valence-corrected chi connectivity index (χ2v) is 6.27. The normalized spacial score (nSPS) is 15.9. The molecule has 22 heavy (non-hydrogen) atoms. The number of benzene rings is 1. The molecule has 0 radical (unpaired) electrons. The zero-order valence-corrected chi connectivity index (χ0v) is 13.5. The Morgan fingerprint density at radius 3 is 2.27 bits per heavy atom. The zero-order chi connectivity index (χ0) is 15.8. The SMILES string of the molecule is O=C(CC(=O)NC1CCCCCC1)NCc1ccc(Cl)cc1. The van der Waals surface area contributed by atoms with Gasteiger partial charge in [-0.1, -0.05) is 49.4 Å². The molecule has 0 atom stereocenters. The average molecular weight is 323 g/mol. The number of hydrogen-bond acceptors (Lipinski definition) is 2. The zero-order valence-electron chi connectivity index (χ0n) is 12.7. The molecule has 5 heteroatoms. The average Bonchev–Trinajstić information content (AvgIpc) is 2.75. The predicted octanol–water partition coefficient (Wildman–Crippen LogP) is 3.19. The molecule has 0 saturated heterocycles. The van der Waals surface area contributed by atoms with Gasteiger partial charge in [-0.25, -0.2) is 0 Å². The molecule has 0 aliphatic heterocycles. The standard InChI is InChI=1S/C17H23ClN2O2/c18-14-9-7-13(8-10-14)12-19-16(21)11-17(22)20-15-5-3-1-2-4-6-15/h7-10,15H,1-6,11-12H2,(H,19,21)(H,20,22). The third-order valence-corrected chi connectivity index (χ3v) is 4.20. The number of amides is 2. The van der Waals surface area contributed by atoms with Crippen molar-refractivity contribution < 1.29 is 9.59 Å². The summed E-state index contributed by atoms with van der Waals surface area (Å²) in [7, 11) is 0. The molecule has 4 nitrogen and oxygen atoms in total. The Balaban J connectivity index is 1.69. The number of carbonyl (C=O) groups is 2. The fraction of sp³-hybridized carbons (Fsp3) is 0.529. The first-order valence-corrected chi connectivity index (χ1v) is 8.32. The first-order valence-electron chi connectivity index (χ1n) is 7.94. The highest BCUT2D eigenvalue weighted by molar-refractivity contribution is 6.30. The lowest BCUT2D eigenvalue weighted by Crippen LogP contribution is -2.37. The van der Waals surface area contributed by atoms with Gasteiger partial charge in [-0.2, -0.15) is 0 Å². The molecule has 0 aromatic heterocycles. The summed E-state index contributed by atoms with van der Waals surface area (Å²) in [5.41, 5.74) is 0.960. The van der Waals surface area contributed by atoms with E-state index in [1.165, 1.54) is 12.8 Å². The van der Waals surface area contributed by atoms with E-state index in [-0.39, 0.29) is 24.3 Å². The van der Waals surface area contributed by atoms with Crippen LogP contribution in [0.15, 0.2) is 24.3 Å². The minimum atomic E-state index is -0.249. The van der Waals surface area contributed by atoms with Gasteiger partial charge in [0.15, 0.2) is 0 Å². The predicted molar refractivity (Wildman–Crippen MR) is 87.5 cm³/mol. The summed E-state index contributed by atoms with van der Waals surface area (Å²) in [5, 5.41) is 6.40. The summed E-state index contributed by atoms with van der Waals surface area (Å²) >= 11 is 5.81. The summed E-state index contributed by atoms with van der Waals surface area (Å²) in [5.74, 6) is -0.429. The quantitative estimate of drug-likeness (QED) is 0.646. The highest BCUT2D eigenvalue weighted by Crippen LogP contribution is 2.17. The van der Waals surface area contributed by atoms with E-state index in [1.54, 1.807) is 12.1 Å². The van der Waals surface area contributed by atoms with Crippen molar-refractivity contribution in [3.05, 3.63) is 34.9 Å². The molecule has 0 heterocycles. The molecular formula is C17H23ClN2O2. The summed E-state index contributed by atoms with van der Waals surface area (Å²) in [6.07, 6.45) is 6.75. The fourth-order valence-electron chi connectivity index (χ4n) is 2.71. The van der Waals surface area contributed by atoms with Gasteiger partial charge in [0.05, 0.1) is 0 Å². The lowest BCUT2D eigenvalue weighted by atomic mass is 10.1. The maximum atomic E-state index is 11.9. The van der Waals surface area contributed by atoms with Crippen molar-refractivity contribution >= 4 is 23.4 Å².